The summed E-state index contributed by atoms with van der Waals surface area (Å²) < 4.78 is 17.8. The molecule has 0 aromatic heterocycles. The smallest absolute Gasteiger partial charge is 0.0778 e. The van der Waals surface area contributed by atoms with Crippen LogP contribution in [-0.4, -0.2) is 24.1 Å². The highest BCUT2D eigenvalue weighted by molar-refractivity contribution is 7.94. The second-order valence-corrected chi connectivity index (χ2v) is 14.3. The van der Waals surface area contributed by atoms with Gasteiger partial charge in [-0.2, -0.15) is 0 Å². The maximum absolute atomic E-state index is 13.3. The molecule has 0 spiro atoms. The molecule has 0 N–H and O–H groups in total. The van der Waals surface area contributed by atoms with Gasteiger partial charge in [0.2, 0.25) is 0 Å². The van der Waals surface area contributed by atoms with Crippen LogP contribution in [0, 0.1) is 0 Å². The Morgan fingerprint density at radius 2 is 1.94 bits per heavy atom. The van der Waals surface area contributed by atoms with Gasteiger partial charge in [-0.1, -0.05) is 37.8 Å². The van der Waals surface area contributed by atoms with Crippen molar-refractivity contribution in [3.63, 3.8) is 0 Å². The highest BCUT2D eigenvalue weighted by atomic mass is 32.2. The Hall–Kier alpha value is -0.613. The standard InChI is InChI=1S/C14H23NOSSi/c1-18(2,3)12-14-10-7-11-15-17(14,16)13-8-5-4-6-9-13/h4-6,8-9,14H,7,10-12H2,1-3H3/t14?,17-/m1/s1. The molecule has 1 aromatic rings. The van der Waals surface area contributed by atoms with E-state index >= 15 is 0 Å². The summed E-state index contributed by atoms with van der Waals surface area (Å²) in [6, 6.07) is 11.0. The molecule has 1 aromatic carbocycles. The summed E-state index contributed by atoms with van der Waals surface area (Å²) in [5.74, 6) is 0. The fraction of sp³-hybridized carbons (Fsp3) is 0.571. The maximum atomic E-state index is 13.3. The Balaban J connectivity index is 2.39. The van der Waals surface area contributed by atoms with Crippen molar-refractivity contribution in [1.29, 1.82) is 0 Å². The monoisotopic (exact) mass is 281 g/mol. The first-order chi connectivity index (χ1) is 8.42. The van der Waals surface area contributed by atoms with Crippen LogP contribution in [0.5, 0.6) is 0 Å². The maximum Gasteiger partial charge on any atom is 0.0778 e. The summed E-state index contributed by atoms with van der Waals surface area (Å²) in [5, 5.41) is 0.264. The summed E-state index contributed by atoms with van der Waals surface area (Å²) in [6.45, 7) is 7.82. The number of hydrogen-bond donors (Lipinski definition) is 0. The van der Waals surface area contributed by atoms with Gasteiger partial charge >= 0.3 is 0 Å². The molecule has 0 radical (unpaired) electrons. The molecule has 1 aliphatic rings. The molecule has 0 saturated heterocycles. The normalized spacial score (nSPS) is 28.7. The highest BCUT2D eigenvalue weighted by Crippen LogP contribution is 2.31. The fourth-order valence-electron chi connectivity index (χ4n) is 2.56. The van der Waals surface area contributed by atoms with E-state index in [1.54, 1.807) is 0 Å². The van der Waals surface area contributed by atoms with E-state index in [0.717, 1.165) is 30.3 Å². The van der Waals surface area contributed by atoms with Crippen molar-refractivity contribution in [2.24, 2.45) is 4.36 Å². The van der Waals surface area contributed by atoms with Gasteiger partial charge in [0.25, 0.3) is 0 Å². The molecule has 1 heterocycles. The molecule has 2 nitrogen and oxygen atoms in total. The zero-order valence-electron chi connectivity index (χ0n) is 11.6. The molecule has 100 valence electrons. The topological polar surface area (TPSA) is 29.4 Å². The van der Waals surface area contributed by atoms with Gasteiger partial charge in [-0.15, -0.1) is 0 Å². The molecule has 0 aliphatic carbocycles. The summed E-state index contributed by atoms with van der Waals surface area (Å²) in [4.78, 5) is 0.938. The molecular weight excluding hydrogens is 258 g/mol. The fourth-order valence-corrected chi connectivity index (χ4v) is 8.72. The van der Waals surface area contributed by atoms with Crippen molar-refractivity contribution < 1.29 is 4.21 Å². The molecule has 1 aliphatic heterocycles. The van der Waals surface area contributed by atoms with Crippen molar-refractivity contribution >= 4 is 17.8 Å². The summed E-state index contributed by atoms with van der Waals surface area (Å²) in [6.07, 6.45) is 2.17. The van der Waals surface area contributed by atoms with Crippen molar-refractivity contribution in [1.82, 2.24) is 0 Å². The zero-order valence-corrected chi connectivity index (χ0v) is 13.4. The Labute approximate surface area is 112 Å². The molecule has 0 amide bonds. The quantitative estimate of drug-likeness (QED) is 0.770. The van der Waals surface area contributed by atoms with Crippen LogP contribution in [-0.2, 0) is 9.73 Å². The van der Waals surface area contributed by atoms with Crippen molar-refractivity contribution in [3.05, 3.63) is 30.3 Å². The molecule has 0 saturated carbocycles. The van der Waals surface area contributed by atoms with Crippen molar-refractivity contribution in [2.75, 3.05) is 6.54 Å². The minimum atomic E-state index is -2.18. The average molecular weight is 281 g/mol. The minimum absolute atomic E-state index is 0.264. The van der Waals surface area contributed by atoms with Crippen LogP contribution in [0.3, 0.4) is 0 Å². The van der Waals surface area contributed by atoms with Crippen molar-refractivity contribution in [3.8, 4) is 0 Å². The first kappa shape index (κ1) is 13.8. The third-order valence-corrected chi connectivity index (χ3v) is 8.17. The zero-order chi connectivity index (χ0) is 13.2. The van der Waals surface area contributed by atoms with Gasteiger partial charge in [-0.3, -0.25) is 0 Å². The van der Waals surface area contributed by atoms with E-state index in [0.29, 0.717) is 0 Å². The lowest BCUT2D eigenvalue weighted by Crippen LogP contribution is -2.34. The number of benzene rings is 1. The van der Waals surface area contributed by atoms with E-state index in [1.807, 2.05) is 30.3 Å². The van der Waals surface area contributed by atoms with Crippen LogP contribution in [0.2, 0.25) is 25.7 Å². The van der Waals surface area contributed by atoms with E-state index in [2.05, 4.69) is 24.0 Å². The molecular formula is C14H23NOSSi. The first-order valence-electron chi connectivity index (χ1n) is 6.69. The van der Waals surface area contributed by atoms with E-state index in [-0.39, 0.29) is 5.25 Å². The first-order valence-corrected chi connectivity index (χ1v) is 12.0. The van der Waals surface area contributed by atoms with Crippen LogP contribution < -0.4 is 0 Å². The third-order valence-electron chi connectivity index (χ3n) is 3.34. The molecule has 18 heavy (non-hydrogen) atoms. The molecule has 1 unspecified atom stereocenters. The van der Waals surface area contributed by atoms with Gasteiger partial charge in [-0.05, 0) is 31.0 Å². The summed E-state index contributed by atoms with van der Waals surface area (Å²) in [5.41, 5.74) is 0. The predicted molar refractivity (Wildman–Crippen MR) is 81.3 cm³/mol. The van der Waals surface area contributed by atoms with Crippen LogP contribution in [0.25, 0.3) is 0 Å². The largest absolute Gasteiger partial charge is 0.244 e. The number of nitrogens with zero attached hydrogens (tertiary/aromatic N) is 1. The predicted octanol–water partition coefficient (Wildman–Crippen LogP) is 4.01. The van der Waals surface area contributed by atoms with Crippen LogP contribution >= 0.6 is 0 Å². The molecule has 2 rings (SSSR count). The van der Waals surface area contributed by atoms with Gasteiger partial charge in [0.05, 0.1) is 9.73 Å². The Morgan fingerprint density at radius 3 is 2.56 bits per heavy atom. The van der Waals surface area contributed by atoms with Gasteiger partial charge in [0, 0.05) is 24.8 Å². The summed E-state index contributed by atoms with van der Waals surface area (Å²) in [7, 11) is -3.39. The Morgan fingerprint density at radius 1 is 1.28 bits per heavy atom. The van der Waals surface area contributed by atoms with Gasteiger partial charge < -0.3 is 0 Å². The minimum Gasteiger partial charge on any atom is -0.244 e. The molecule has 2 atom stereocenters. The molecule has 0 bridgehead atoms. The number of rotatable bonds is 3. The van der Waals surface area contributed by atoms with Crippen LogP contribution in [0.15, 0.2) is 39.6 Å². The SMILES string of the molecule is C[Si](C)(C)CC1CCCN=[S@@]1(=O)c1ccccc1. The lowest BCUT2D eigenvalue weighted by atomic mass is 10.2. The second-order valence-electron chi connectivity index (χ2n) is 6.26. The van der Waals surface area contributed by atoms with Crippen LogP contribution in [0.1, 0.15) is 12.8 Å². The van der Waals surface area contributed by atoms with Gasteiger partial charge in [0.15, 0.2) is 0 Å². The lowest BCUT2D eigenvalue weighted by Gasteiger charge is -2.30. The Bertz CT molecular complexity index is 512. The van der Waals surface area contributed by atoms with E-state index < -0.39 is 17.8 Å². The van der Waals surface area contributed by atoms with Gasteiger partial charge in [-0.25, -0.2) is 8.57 Å². The van der Waals surface area contributed by atoms with E-state index in [4.69, 9.17) is 0 Å². The van der Waals surface area contributed by atoms with Gasteiger partial charge in [0.1, 0.15) is 0 Å². The van der Waals surface area contributed by atoms with Crippen molar-refractivity contribution in [2.45, 2.75) is 48.7 Å². The third kappa shape index (κ3) is 3.04. The molecule has 4 heteroatoms. The molecule has 0 fully saturated rings. The van der Waals surface area contributed by atoms with E-state index in [1.165, 1.54) is 0 Å². The average Bonchev–Trinajstić information content (AvgIpc) is 2.32. The number of hydrogen-bond acceptors (Lipinski definition) is 2. The summed E-state index contributed by atoms with van der Waals surface area (Å²) >= 11 is 0. The second kappa shape index (κ2) is 5.17. The Kier molecular flexibility index (Phi) is 3.97. The van der Waals surface area contributed by atoms with Crippen LogP contribution in [0.4, 0.5) is 0 Å². The van der Waals surface area contributed by atoms with E-state index in [9.17, 15) is 4.21 Å². The lowest BCUT2D eigenvalue weighted by molar-refractivity contribution is 0.627. The highest BCUT2D eigenvalue weighted by Gasteiger charge is 2.31.